The molecule has 0 radical (unpaired) electrons. The molecule has 9 aromatic carbocycles. The Bertz CT molecular complexity index is 3140. The van der Waals surface area contributed by atoms with Crippen molar-refractivity contribution >= 4 is 68.8 Å². The van der Waals surface area contributed by atoms with Crippen molar-refractivity contribution in [1.29, 1.82) is 0 Å². The van der Waals surface area contributed by atoms with Crippen LogP contribution >= 0.6 is 11.6 Å². The van der Waals surface area contributed by atoms with E-state index in [1.807, 2.05) is 0 Å². The highest BCUT2D eigenvalue weighted by Gasteiger charge is 2.45. The molecule has 0 amide bonds. The van der Waals surface area contributed by atoms with Gasteiger partial charge in [0.05, 0.1) is 0 Å². The molecule has 0 spiro atoms. The monoisotopic (exact) mass is 926 g/mol. The van der Waals surface area contributed by atoms with Gasteiger partial charge in [-0.1, -0.05) is 237 Å². The van der Waals surface area contributed by atoms with E-state index < -0.39 is 0 Å². The van der Waals surface area contributed by atoms with Gasteiger partial charge in [0.15, 0.2) is 0 Å². The lowest BCUT2D eigenvalue weighted by Gasteiger charge is -2.45. The number of hydrogen-bond acceptors (Lipinski definition) is 2. The first-order chi connectivity index (χ1) is 33.7. The van der Waals surface area contributed by atoms with E-state index in [2.05, 4.69) is 284 Å². The summed E-state index contributed by atoms with van der Waals surface area (Å²) in [6, 6.07) is 80.9. The molecule has 0 fully saturated rings. The minimum atomic E-state index is -0.259. The van der Waals surface area contributed by atoms with Crippen molar-refractivity contribution in [3.8, 4) is 0 Å². The number of fused-ring (bicyclic) bond motifs is 4. The van der Waals surface area contributed by atoms with E-state index in [0.29, 0.717) is 5.02 Å². The zero-order chi connectivity index (χ0) is 48.6. The Hall–Kier alpha value is -7.07. The summed E-state index contributed by atoms with van der Waals surface area (Å²) in [6.45, 7) is 18.6. The smallest absolute Gasteiger partial charge is 0.252 e. The number of nitrogens with zero attached hydrogens (tertiary/aromatic N) is 2. The Kier molecular flexibility index (Phi) is 11.1. The van der Waals surface area contributed by atoms with E-state index in [1.165, 1.54) is 60.9 Å². The van der Waals surface area contributed by atoms with Gasteiger partial charge < -0.3 is 9.80 Å². The van der Waals surface area contributed by atoms with Gasteiger partial charge in [-0.3, -0.25) is 0 Å². The molecule has 0 saturated carbocycles. The molecule has 0 unspecified atom stereocenters. The molecule has 2 nitrogen and oxygen atoms in total. The molecule has 0 bridgehead atoms. The van der Waals surface area contributed by atoms with Gasteiger partial charge in [0, 0.05) is 60.8 Å². The van der Waals surface area contributed by atoms with Gasteiger partial charge in [-0.2, -0.15) is 0 Å². The van der Waals surface area contributed by atoms with Crippen LogP contribution in [-0.4, -0.2) is 6.71 Å². The molecule has 2 aliphatic heterocycles. The van der Waals surface area contributed by atoms with Gasteiger partial charge in [0.25, 0.3) is 6.71 Å². The van der Waals surface area contributed by atoms with Crippen molar-refractivity contribution in [3.05, 3.63) is 268 Å². The quantitative estimate of drug-likeness (QED) is 0.126. The number of halogens is 1. The summed E-state index contributed by atoms with van der Waals surface area (Å²) in [4.78, 5) is 4.95. The van der Waals surface area contributed by atoms with Gasteiger partial charge in [-0.05, 0) is 109 Å². The number of hydrogen-bond donors (Lipinski definition) is 0. The first-order valence-electron chi connectivity index (χ1n) is 24.8. The predicted molar refractivity (Wildman–Crippen MR) is 300 cm³/mol. The van der Waals surface area contributed by atoms with Crippen LogP contribution in [0.25, 0.3) is 0 Å². The van der Waals surface area contributed by atoms with Crippen molar-refractivity contribution in [1.82, 2.24) is 0 Å². The summed E-state index contributed by atoms with van der Waals surface area (Å²) in [5, 5.41) is 0.696. The van der Waals surface area contributed by atoms with Crippen LogP contribution in [-0.2, 0) is 21.7 Å². The third-order valence-electron chi connectivity index (χ3n) is 16.2. The van der Waals surface area contributed by atoms with E-state index in [9.17, 15) is 0 Å². The number of anilines is 6. The van der Waals surface area contributed by atoms with Crippen LogP contribution in [0.2, 0.25) is 5.02 Å². The minimum absolute atomic E-state index is 0.0922. The van der Waals surface area contributed by atoms with Crippen molar-refractivity contribution in [2.75, 3.05) is 9.80 Å². The van der Waals surface area contributed by atoms with Gasteiger partial charge in [0.2, 0.25) is 0 Å². The van der Waals surface area contributed by atoms with E-state index in [1.54, 1.807) is 0 Å². The van der Waals surface area contributed by atoms with Crippen LogP contribution in [0.5, 0.6) is 0 Å². The highest BCUT2D eigenvalue weighted by Crippen LogP contribution is 2.48. The third-order valence-corrected chi connectivity index (χ3v) is 16.4. The molecule has 9 aromatic rings. The molecular weight excluding hydrogens is 867 g/mol. The van der Waals surface area contributed by atoms with E-state index >= 15 is 0 Å². The Balaban J connectivity index is 1.16. The Morgan fingerprint density at radius 1 is 0.300 bits per heavy atom. The van der Waals surface area contributed by atoms with Gasteiger partial charge in [-0.15, -0.1) is 0 Å². The second-order valence-electron chi connectivity index (χ2n) is 21.6. The average Bonchev–Trinajstić information content (AvgIpc) is 3.39. The standard InChI is InChI=1S/C66H60BClN2/c1-63(2,45-21-13-9-14-22-45)49-29-35-54(36-30-49)69-58-39-33-51(65(5,6)47-25-17-11-18-26-47)41-56(58)67-57-42-52(66(7,8)48-27-19-12-20-28-48)34-40-59(57)70(61-44-53(68)43-60(69)62(61)67)55-37-31-50(32-38-55)64(3,4)46-23-15-10-16-24-46/h9-44H,1-8H3. The Labute approximate surface area is 421 Å². The summed E-state index contributed by atoms with van der Waals surface area (Å²) in [5.74, 6) is 0. The molecule has 0 atom stereocenters. The zero-order valence-electron chi connectivity index (χ0n) is 41.6. The van der Waals surface area contributed by atoms with Crippen molar-refractivity contribution in [2.24, 2.45) is 0 Å². The number of benzene rings is 9. The molecule has 0 N–H and O–H groups in total. The zero-order valence-corrected chi connectivity index (χ0v) is 42.4. The van der Waals surface area contributed by atoms with E-state index in [0.717, 1.165) is 34.1 Å². The van der Waals surface area contributed by atoms with Crippen LogP contribution in [0.1, 0.15) is 99.9 Å². The molecule has 2 aliphatic rings. The largest absolute Gasteiger partial charge is 0.311 e. The highest BCUT2D eigenvalue weighted by molar-refractivity contribution is 7.00. The molecule has 4 heteroatoms. The maximum absolute atomic E-state index is 7.45. The SMILES string of the molecule is CC(C)(c1ccccc1)c1ccc(N2c3ccc(C(C)(C)c4ccccc4)cc3B3c4cc(C(C)(C)c5ccccc5)ccc4N(c4ccc(C(C)(C)c5ccccc5)cc4)c4cc(Cl)cc2c43)cc1. The van der Waals surface area contributed by atoms with Gasteiger partial charge in [-0.25, -0.2) is 0 Å². The third kappa shape index (κ3) is 7.49. The lowest BCUT2D eigenvalue weighted by Crippen LogP contribution is -2.61. The molecule has 11 rings (SSSR count). The summed E-state index contributed by atoms with van der Waals surface area (Å²) in [6.07, 6.45) is 0. The topological polar surface area (TPSA) is 6.48 Å². The molecule has 0 aromatic heterocycles. The van der Waals surface area contributed by atoms with Gasteiger partial charge in [0.1, 0.15) is 0 Å². The fraction of sp³-hybridized carbons (Fsp3) is 0.182. The first kappa shape index (κ1) is 45.4. The van der Waals surface area contributed by atoms with E-state index in [4.69, 9.17) is 11.6 Å². The summed E-state index contributed by atoms with van der Waals surface area (Å²) < 4.78 is 0. The molecule has 344 valence electrons. The van der Waals surface area contributed by atoms with Crippen molar-refractivity contribution in [2.45, 2.75) is 77.0 Å². The minimum Gasteiger partial charge on any atom is -0.311 e. The summed E-state index contributed by atoms with van der Waals surface area (Å²) in [5.41, 5.74) is 19.8. The average molecular weight is 927 g/mol. The van der Waals surface area contributed by atoms with E-state index in [-0.39, 0.29) is 28.4 Å². The van der Waals surface area contributed by atoms with Crippen LogP contribution in [0.4, 0.5) is 34.1 Å². The highest BCUT2D eigenvalue weighted by atomic mass is 35.5. The Morgan fingerprint density at radius 3 is 0.886 bits per heavy atom. The summed E-state index contributed by atoms with van der Waals surface area (Å²) >= 11 is 7.45. The van der Waals surface area contributed by atoms with Crippen LogP contribution in [0.3, 0.4) is 0 Å². The van der Waals surface area contributed by atoms with Crippen molar-refractivity contribution in [3.63, 3.8) is 0 Å². The lowest BCUT2D eigenvalue weighted by atomic mass is 9.33. The van der Waals surface area contributed by atoms with Crippen LogP contribution < -0.4 is 26.2 Å². The predicted octanol–water partition coefficient (Wildman–Crippen LogP) is 15.7. The fourth-order valence-electron chi connectivity index (χ4n) is 11.4. The molecule has 2 heterocycles. The van der Waals surface area contributed by atoms with Crippen LogP contribution in [0.15, 0.2) is 218 Å². The second kappa shape index (κ2) is 17.1. The maximum Gasteiger partial charge on any atom is 0.252 e. The molecule has 0 aliphatic carbocycles. The Morgan fingerprint density at radius 2 is 0.571 bits per heavy atom. The first-order valence-corrected chi connectivity index (χ1v) is 25.2. The second-order valence-corrected chi connectivity index (χ2v) is 22.0. The molecule has 70 heavy (non-hydrogen) atoms. The molecular formula is C66H60BClN2. The molecule has 0 saturated heterocycles. The normalized spacial score (nSPS) is 13.4. The van der Waals surface area contributed by atoms with Crippen molar-refractivity contribution < 1.29 is 0 Å². The number of rotatable bonds is 10. The lowest BCUT2D eigenvalue weighted by molar-refractivity contribution is 0.641. The van der Waals surface area contributed by atoms with Gasteiger partial charge >= 0.3 is 0 Å². The summed E-state index contributed by atoms with van der Waals surface area (Å²) in [7, 11) is 0. The maximum atomic E-state index is 7.45. The van der Waals surface area contributed by atoms with Crippen LogP contribution in [0, 0.1) is 0 Å². The fourth-order valence-corrected chi connectivity index (χ4v) is 11.7.